The fourth-order valence-corrected chi connectivity index (χ4v) is 2.69. The first-order valence-electron chi connectivity index (χ1n) is 7.54. The lowest BCUT2D eigenvalue weighted by atomic mass is 10.1. The van der Waals surface area contributed by atoms with Crippen LogP contribution in [-0.4, -0.2) is 34.0 Å². The molecule has 138 valence electrons. The smallest absolute Gasteiger partial charge is 0.434 e. The Morgan fingerprint density at radius 1 is 1.19 bits per heavy atom. The largest absolute Gasteiger partial charge is 0.478 e. The van der Waals surface area contributed by atoms with E-state index in [0.29, 0.717) is 16.3 Å². The van der Waals surface area contributed by atoms with Crippen LogP contribution in [0.5, 0.6) is 0 Å². The molecule has 0 unspecified atom stereocenters. The van der Waals surface area contributed by atoms with Crippen LogP contribution in [-0.2, 0) is 11.3 Å². The summed E-state index contributed by atoms with van der Waals surface area (Å²) in [5.74, 6) is -1.11. The van der Waals surface area contributed by atoms with Crippen molar-refractivity contribution >= 4 is 46.6 Å². The molecule has 0 saturated heterocycles. The Bertz CT molecular complexity index is 829. The molecule has 0 aliphatic rings. The third-order valence-electron chi connectivity index (χ3n) is 3.39. The number of carboxylic acids is 1. The van der Waals surface area contributed by atoms with Crippen molar-refractivity contribution < 1.29 is 24.6 Å². The van der Waals surface area contributed by atoms with Crippen molar-refractivity contribution in [1.82, 2.24) is 5.06 Å². The van der Waals surface area contributed by atoms with Gasteiger partial charge in [-0.3, -0.25) is 5.21 Å². The molecule has 0 bridgehead atoms. The van der Waals surface area contributed by atoms with Crippen LogP contribution in [0.15, 0.2) is 36.4 Å². The number of anilines is 2. The van der Waals surface area contributed by atoms with E-state index in [-0.39, 0.29) is 34.4 Å². The Labute approximate surface area is 159 Å². The first kappa shape index (κ1) is 19.8. The number of carbonyl (C=O) groups excluding carboxylic acids is 1. The third kappa shape index (κ3) is 4.57. The van der Waals surface area contributed by atoms with Crippen LogP contribution in [0.25, 0.3) is 0 Å². The number of rotatable bonds is 6. The van der Waals surface area contributed by atoms with E-state index in [1.807, 2.05) is 0 Å². The summed E-state index contributed by atoms with van der Waals surface area (Å²) in [4.78, 5) is 22.9. The number of ether oxygens (including phenoxy) is 1. The molecule has 0 heterocycles. The highest BCUT2D eigenvalue weighted by Crippen LogP contribution is 2.36. The zero-order valence-electron chi connectivity index (χ0n) is 13.7. The van der Waals surface area contributed by atoms with Crippen LogP contribution < -0.4 is 5.32 Å². The van der Waals surface area contributed by atoms with Crippen LogP contribution >= 0.6 is 23.2 Å². The quantitative estimate of drug-likeness (QED) is 0.478. The standard InChI is InChI=1S/C17H16Cl2N2O5/c1-2-26-17(24)21(25)9-10-7-8-12(18)15(14(10)19)20-13-6-4-3-5-11(13)16(22)23/h3-8,20,25H,2,9H2,1H3,(H,22,23). The molecule has 2 rings (SSSR count). The van der Waals surface area contributed by atoms with Gasteiger partial charge in [0, 0.05) is 0 Å². The molecule has 2 aromatic carbocycles. The van der Waals surface area contributed by atoms with Crippen molar-refractivity contribution in [3.63, 3.8) is 0 Å². The molecule has 0 fully saturated rings. The first-order valence-corrected chi connectivity index (χ1v) is 8.30. The second kappa shape index (κ2) is 8.75. The molecule has 0 aliphatic carbocycles. The first-order chi connectivity index (χ1) is 12.3. The Kier molecular flexibility index (Phi) is 6.68. The van der Waals surface area contributed by atoms with Crippen molar-refractivity contribution in [3.8, 4) is 0 Å². The highest BCUT2D eigenvalue weighted by Gasteiger charge is 2.18. The lowest BCUT2D eigenvalue weighted by molar-refractivity contribution is -0.0800. The van der Waals surface area contributed by atoms with Crippen LogP contribution in [0.1, 0.15) is 22.8 Å². The predicted molar refractivity (Wildman–Crippen MR) is 97.5 cm³/mol. The van der Waals surface area contributed by atoms with Gasteiger partial charge in [-0.15, -0.1) is 0 Å². The minimum absolute atomic E-state index is 0.0420. The van der Waals surface area contributed by atoms with Gasteiger partial charge in [-0.2, -0.15) is 5.06 Å². The minimum Gasteiger partial charge on any atom is -0.478 e. The molecule has 0 aliphatic heterocycles. The summed E-state index contributed by atoms with van der Waals surface area (Å²) in [7, 11) is 0. The molecule has 0 saturated carbocycles. The SMILES string of the molecule is CCOC(=O)N(O)Cc1ccc(Cl)c(Nc2ccccc2C(=O)O)c1Cl. The third-order valence-corrected chi connectivity index (χ3v) is 4.13. The molecule has 0 atom stereocenters. The Balaban J connectivity index is 2.33. The maximum absolute atomic E-state index is 11.5. The Morgan fingerprint density at radius 3 is 2.54 bits per heavy atom. The maximum atomic E-state index is 11.5. The number of hydroxylamine groups is 2. The number of carboxylic acid groups (broad SMARTS) is 1. The Hall–Kier alpha value is -2.48. The highest BCUT2D eigenvalue weighted by molar-refractivity contribution is 6.39. The van der Waals surface area contributed by atoms with E-state index in [0.717, 1.165) is 0 Å². The molecular weight excluding hydrogens is 383 g/mol. The van der Waals surface area contributed by atoms with Gasteiger partial charge in [-0.25, -0.2) is 9.59 Å². The van der Waals surface area contributed by atoms with Gasteiger partial charge in [0.15, 0.2) is 0 Å². The van der Waals surface area contributed by atoms with Gasteiger partial charge in [0.25, 0.3) is 0 Å². The monoisotopic (exact) mass is 398 g/mol. The van der Waals surface area contributed by atoms with Crippen LogP contribution in [0, 0.1) is 0 Å². The normalized spacial score (nSPS) is 10.3. The van der Waals surface area contributed by atoms with E-state index in [1.165, 1.54) is 12.1 Å². The van der Waals surface area contributed by atoms with Gasteiger partial charge in [-0.1, -0.05) is 41.4 Å². The molecule has 1 amide bonds. The molecular formula is C17H16Cl2N2O5. The van der Waals surface area contributed by atoms with E-state index < -0.39 is 12.1 Å². The summed E-state index contributed by atoms with van der Waals surface area (Å²) in [6.07, 6.45) is -0.913. The summed E-state index contributed by atoms with van der Waals surface area (Å²) < 4.78 is 4.69. The Morgan fingerprint density at radius 2 is 1.88 bits per heavy atom. The summed E-state index contributed by atoms with van der Waals surface area (Å²) in [5, 5.41) is 22.7. The van der Waals surface area contributed by atoms with Crippen molar-refractivity contribution in [1.29, 1.82) is 0 Å². The summed E-state index contributed by atoms with van der Waals surface area (Å²) >= 11 is 12.5. The topological polar surface area (TPSA) is 99.1 Å². The van der Waals surface area contributed by atoms with Crippen molar-refractivity contribution in [3.05, 3.63) is 57.6 Å². The number of carbonyl (C=O) groups is 2. The van der Waals surface area contributed by atoms with Crippen LogP contribution in [0.3, 0.4) is 0 Å². The number of benzene rings is 2. The minimum atomic E-state index is -1.11. The lowest BCUT2D eigenvalue weighted by Gasteiger charge is -2.18. The number of amides is 1. The summed E-state index contributed by atoms with van der Waals surface area (Å²) in [5.41, 5.74) is 0.992. The van der Waals surface area contributed by atoms with Crippen molar-refractivity contribution in [2.24, 2.45) is 0 Å². The summed E-state index contributed by atoms with van der Waals surface area (Å²) in [6.45, 7) is 1.50. The van der Waals surface area contributed by atoms with Crippen LogP contribution in [0.4, 0.5) is 16.2 Å². The number of halogens is 2. The maximum Gasteiger partial charge on any atom is 0.434 e. The van der Waals surface area contributed by atoms with Gasteiger partial charge >= 0.3 is 12.1 Å². The second-order valence-electron chi connectivity index (χ2n) is 5.13. The van der Waals surface area contributed by atoms with E-state index >= 15 is 0 Å². The van der Waals surface area contributed by atoms with Gasteiger partial charge in [0.1, 0.15) is 0 Å². The van der Waals surface area contributed by atoms with E-state index in [1.54, 1.807) is 31.2 Å². The zero-order valence-corrected chi connectivity index (χ0v) is 15.2. The number of aromatic carboxylic acids is 1. The number of nitrogens with one attached hydrogen (secondary N) is 1. The van der Waals surface area contributed by atoms with Gasteiger partial charge < -0.3 is 15.2 Å². The summed E-state index contributed by atoms with van der Waals surface area (Å²) in [6, 6.07) is 9.33. The molecule has 0 aromatic heterocycles. The number of para-hydroxylation sites is 1. The fourth-order valence-electron chi connectivity index (χ4n) is 2.17. The van der Waals surface area contributed by atoms with Gasteiger partial charge in [0.05, 0.1) is 40.1 Å². The zero-order chi connectivity index (χ0) is 19.3. The van der Waals surface area contributed by atoms with Gasteiger partial charge in [0.2, 0.25) is 0 Å². The predicted octanol–water partition coefficient (Wildman–Crippen LogP) is 4.78. The van der Waals surface area contributed by atoms with E-state index in [4.69, 9.17) is 27.9 Å². The average molecular weight is 399 g/mol. The molecule has 7 nitrogen and oxygen atoms in total. The average Bonchev–Trinajstić information content (AvgIpc) is 2.61. The fraction of sp³-hybridized carbons (Fsp3) is 0.176. The lowest BCUT2D eigenvalue weighted by Crippen LogP contribution is -2.27. The second-order valence-corrected chi connectivity index (χ2v) is 5.91. The number of hydrogen-bond acceptors (Lipinski definition) is 5. The number of hydrogen-bond donors (Lipinski definition) is 3. The van der Waals surface area contributed by atoms with E-state index in [9.17, 15) is 19.9 Å². The highest BCUT2D eigenvalue weighted by atomic mass is 35.5. The molecule has 26 heavy (non-hydrogen) atoms. The molecule has 3 N–H and O–H groups in total. The number of nitrogens with zero attached hydrogens (tertiary/aromatic N) is 1. The van der Waals surface area contributed by atoms with Gasteiger partial charge in [-0.05, 0) is 30.7 Å². The molecule has 0 spiro atoms. The van der Waals surface area contributed by atoms with Crippen molar-refractivity contribution in [2.45, 2.75) is 13.5 Å². The molecule has 9 heteroatoms. The van der Waals surface area contributed by atoms with Crippen LogP contribution in [0.2, 0.25) is 10.0 Å². The molecule has 0 radical (unpaired) electrons. The molecule has 2 aromatic rings. The van der Waals surface area contributed by atoms with Crippen molar-refractivity contribution in [2.75, 3.05) is 11.9 Å². The van der Waals surface area contributed by atoms with E-state index in [2.05, 4.69) is 5.32 Å².